The number of methoxy groups -OCH3 is 1. The summed E-state index contributed by atoms with van der Waals surface area (Å²) >= 11 is 0. The first kappa shape index (κ1) is 27.5. The minimum Gasteiger partial charge on any atom is -0.493 e. The van der Waals surface area contributed by atoms with Gasteiger partial charge in [0.25, 0.3) is 11.8 Å². The van der Waals surface area contributed by atoms with Crippen LogP contribution in [-0.2, 0) is 4.79 Å². The first-order chi connectivity index (χ1) is 19.4. The molecule has 200 valence electrons. The Kier molecular flexibility index (Phi) is 9.18. The standard InChI is InChI=1S/C32H27N3O5/c1-22-8-6-11-25(18-22)31(37)34-27-13-7-12-26(20-27)32(38)35-33-21-24-14-16-28(29(19-24)39-2)40-30(36)17-15-23-9-4-3-5-10-23/h3-21H,1-2H3,(H,34,37)(H,35,38)/b17-15+,33-21?. The number of ether oxygens (including phenoxy) is 2. The van der Waals surface area contributed by atoms with Gasteiger partial charge in [0.15, 0.2) is 11.5 Å². The van der Waals surface area contributed by atoms with E-state index >= 15 is 0 Å². The second kappa shape index (κ2) is 13.3. The van der Waals surface area contributed by atoms with E-state index < -0.39 is 11.9 Å². The van der Waals surface area contributed by atoms with Crippen molar-refractivity contribution < 1.29 is 23.9 Å². The zero-order valence-corrected chi connectivity index (χ0v) is 22.0. The van der Waals surface area contributed by atoms with Gasteiger partial charge in [-0.2, -0.15) is 5.10 Å². The van der Waals surface area contributed by atoms with Gasteiger partial charge in [0.1, 0.15) is 0 Å². The van der Waals surface area contributed by atoms with Gasteiger partial charge < -0.3 is 14.8 Å². The minimum atomic E-state index is -0.548. The van der Waals surface area contributed by atoms with Crippen molar-refractivity contribution in [2.24, 2.45) is 5.10 Å². The molecule has 2 N–H and O–H groups in total. The normalized spacial score (nSPS) is 10.8. The monoisotopic (exact) mass is 533 g/mol. The number of anilines is 1. The Bertz CT molecular complexity index is 1580. The summed E-state index contributed by atoms with van der Waals surface area (Å²) in [6.45, 7) is 1.91. The number of hydrogen-bond acceptors (Lipinski definition) is 6. The fourth-order valence-electron chi connectivity index (χ4n) is 3.68. The Balaban J connectivity index is 1.35. The molecule has 0 saturated carbocycles. The van der Waals surface area contributed by atoms with E-state index in [1.165, 1.54) is 19.4 Å². The molecule has 8 heteroatoms. The fraction of sp³-hybridized carbons (Fsp3) is 0.0625. The van der Waals surface area contributed by atoms with Crippen LogP contribution in [0.25, 0.3) is 6.08 Å². The summed E-state index contributed by atoms with van der Waals surface area (Å²) < 4.78 is 10.7. The molecule has 4 rings (SSSR count). The lowest BCUT2D eigenvalue weighted by Gasteiger charge is -2.09. The molecule has 0 spiro atoms. The van der Waals surface area contributed by atoms with Crippen molar-refractivity contribution >= 4 is 35.8 Å². The van der Waals surface area contributed by atoms with Gasteiger partial charge in [0.05, 0.1) is 13.3 Å². The minimum absolute atomic E-state index is 0.246. The number of nitrogens with one attached hydrogen (secondary N) is 2. The van der Waals surface area contributed by atoms with E-state index in [0.717, 1.165) is 11.1 Å². The van der Waals surface area contributed by atoms with Gasteiger partial charge in [0, 0.05) is 22.9 Å². The third kappa shape index (κ3) is 7.75. The van der Waals surface area contributed by atoms with Gasteiger partial charge >= 0.3 is 5.97 Å². The molecule has 0 radical (unpaired) electrons. The van der Waals surface area contributed by atoms with Gasteiger partial charge in [-0.15, -0.1) is 0 Å². The van der Waals surface area contributed by atoms with Crippen LogP contribution in [0.4, 0.5) is 5.69 Å². The van der Waals surface area contributed by atoms with E-state index in [4.69, 9.17) is 9.47 Å². The van der Waals surface area contributed by atoms with Crippen LogP contribution in [0, 0.1) is 6.92 Å². The van der Waals surface area contributed by atoms with Crippen molar-refractivity contribution in [1.82, 2.24) is 5.43 Å². The zero-order chi connectivity index (χ0) is 28.3. The number of amides is 2. The number of esters is 1. The van der Waals surface area contributed by atoms with Crippen molar-refractivity contribution in [2.45, 2.75) is 6.92 Å². The van der Waals surface area contributed by atoms with Gasteiger partial charge in [0.2, 0.25) is 0 Å². The molecule has 0 aliphatic heterocycles. The van der Waals surface area contributed by atoms with Gasteiger partial charge in [-0.1, -0.05) is 54.1 Å². The van der Waals surface area contributed by atoms with Crippen LogP contribution in [0.1, 0.15) is 37.4 Å². The Morgan fingerprint density at radius 3 is 2.25 bits per heavy atom. The maximum absolute atomic E-state index is 12.6. The molecule has 0 unspecified atom stereocenters. The Labute approximate surface area is 232 Å². The van der Waals surface area contributed by atoms with Crippen molar-refractivity contribution in [3.05, 3.63) is 131 Å². The van der Waals surface area contributed by atoms with Crippen LogP contribution in [0.15, 0.2) is 108 Å². The largest absolute Gasteiger partial charge is 0.493 e. The summed E-state index contributed by atoms with van der Waals surface area (Å²) in [6, 6.07) is 28.1. The lowest BCUT2D eigenvalue weighted by Crippen LogP contribution is -2.18. The molecule has 8 nitrogen and oxygen atoms in total. The van der Waals surface area contributed by atoms with Gasteiger partial charge in [-0.05, 0) is 72.7 Å². The topological polar surface area (TPSA) is 106 Å². The molecule has 0 saturated heterocycles. The Morgan fingerprint density at radius 1 is 0.750 bits per heavy atom. The summed E-state index contributed by atoms with van der Waals surface area (Å²) in [5.41, 5.74) is 6.25. The highest BCUT2D eigenvalue weighted by Crippen LogP contribution is 2.28. The average Bonchev–Trinajstić information content (AvgIpc) is 2.97. The maximum Gasteiger partial charge on any atom is 0.336 e. The number of carbonyl (C=O) groups is 3. The summed E-state index contributed by atoms with van der Waals surface area (Å²) in [5.74, 6) is -0.696. The van der Waals surface area contributed by atoms with E-state index in [1.54, 1.807) is 60.7 Å². The molecule has 4 aromatic carbocycles. The maximum atomic E-state index is 12.6. The van der Waals surface area contributed by atoms with Crippen molar-refractivity contribution in [1.29, 1.82) is 0 Å². The number of benzene rings is 4. The second-order valence-electron chi connectivity index (χ2n) is 8.68. The molecule has 0 bridgehead atoms. The fourth-order valence-corrected chi connectivity index (χ4v) is 3.68. The molecule has 0 aliphatic carbocycles. The summed E-state index contributed by atoms with van der Waals surface area (Å²) in [6.07, 6.45) is 4.43. The van der Waals surface area contributed by atoms with Gasteiger partial charge in [-0.25, -0.2) is 10.2 Å². The van der Waals surface area contributed by atoms with Crippen LogP contribution in [0.2, 0.25) is 0 Å². The number of hydrazone groups is 1. The van der Waals surface area contributed by atoms with Crippen LogP contribution in [-0.4, -0.2) is 31.1 Å². The number of carbonyl (C=O) groups excluding carboxylic acids is 3. The number of hydrogen-bond donors (Lipinski definition) is 2. The zero-order valence-electron chi connectivity index (χ0n) is 22.0. The van der Waals surface area contributed by atoms with Crippen LogP contribution in [0.3, 0.4) is 0 Å². The first-order valence-electron chi connectivity index (χ1n) is 12.4. The molecule has 0 aromatic heterocycles. The summed E-state index contributed by atoms with van der Waals surface area (Å²) in [5, 5.41) is 6.81. The summed E-state index contributed by atoms with van der Waals surface area (Å²) in [4.78, 5) is 37.4. The molecule has 2 amide bonds. The van der Waals surface area contributed by atoms with Crippen molar-refractivity contribution in [3.8, 4) is 11.5 Å². The van der Waals surface area contributed by atoms with Gasteiger partial charge in [-0.3, -0.25) is 9.59 Å². The van der Waals surface area contributed by atoms with E-state index in [1.807, 2.05) is 49.4 Å². The van der Waals surface area contributed by atoms with Crippen molar-refractivity contribution in [3.63, 3.8) is 0 Å². The molecule has 4 aromatic rings. The lowest BCUT2D eigenvalue weighted by molar-refractivity contribution is -0.129. The molecule has 0 atom stereocenters. The Hall–Kier alpha value is -5.50. The highest BCUT2D eigenvalue weighted by atomic mass is 16.6. The quantitative estimate of drug-likeness (QED) is 0.0953. The number of nitrogens with zero attached hydrogens (tertiary/aromatic N) is 1. The van der Waals surface area contributed by atoms with E-state index in [9.17, 15) is 14.4 Å². The highest BCUT2D eigenvalue weighted by molar-refractivity contribution is 6.05. The number of aryl methyl sites for hydroxylation is 1. The SMILES string of the molecule is COc1cc(C=NNC(=O)c2cccc(NC(=O)c3cccc(C)c3)c2)ccc1OC(=O)/C=C/c1ccccc1. The Morgan fingerprint density at radius 2 is 1.50 bits per heavy atom. The smallest absolute Gasteiger partial charge is 0.336 e. The van der Waals surface area contributed by atoms with Crippen molar-refractivity contribution in [2.75, 3.05) is 12.4 Å². The molecule has 0 aliphatic rings. The number of rotatable bonds is 9. The van der Waals surface area contributed by atoms with Crippen LogP contribution in [0.5, 0.6) is 11.5 Å². The van der Waals surface area contributed by atoms with E-state index in [-0.39, 0.29) is 11.7 Å². The average molecular weight is 534 g/mol. The highest BCUT2D eigenvalue weighted by Gasteiger charge is 2.11. The predicted molar refractivity (Wildman–Crippen MR) is 155 cm³/mol. The lowest BCUT2D eigenvalue weighted by atomic mass is 10.1. The molecule has 0 heterocycles. The van der Waals surface area contributed by atoms with Crippen LogP contribution >= 0.6 is 0 Å². The molecular weight excluding hydrogens is 506 g/mol. The molecular formula is C32H27N3O5. The third-order valence-electron chi connectivity index (χ3n) is 5.65. The molecule has 0 fully saturated rings. The third-order valence-corrected chi connectivity index (χ3v) is 5.65. The molecule has 40 heavy (non-hydrogen) atoms. The second-order valence-corrected chi connectivity index (χ2v) is 8.68. The first-order valence-corrected chi connectivity index (χ1v) is 12.4. The predicted octanol–water partition coefficient (Wildman–Crippen LogP) is 5.64. The van der Waals surface area contributed by atoms with Crippen LogP contribution < -0.4 is 20.2 Å². The van der Waals surface area contributed by atoms with E-state index in [0.29, 0.717) is 28.1 Å². The summed E-state index contributed by atoms with van der Waals surface area (Å²) in [7, 11) is 1.46. The van der Waals surface area contributed by atoms with E-state index in [2.05, 4.69) is 15.8 Å².